The van der Waals surface area contributed by atoms with E-state index in [1.165, 1.54) is 0 Å². The maximum atomic E-state index is 10.1. The lowest BCUT2D eigenvalue weighted by Crippen LogP contribution is -2.06. The third-order valence-electron chi connectivity index (χ3n) is 3.53. The number of benzene rings is 2. The molecule has 4 nitrogen and oxygen atoms in total. The van der Waals surface area contributed by atoms with Crippen molar-refractivity contribution >= 4 is 40.5 Å². The molecule has 0 amide bonds. The van der Waals surface area contributed by atoms with E-state index in [0.29, 0.717) is 10.6 Å². The van der Waals surface area contributed by atoms with Crippen molar-refractivity contribution in [3.63, 3.8) is 0 Å². The summed E-state index contributed by atoms with van der Waals surface area (Å²) in [7, 11) is 0. The van der Waals surface area contributed by atoms with Crippen LogP contribution < -0.4 is 10.4 Å². The summed E-state index contributed by atoms with van der Waals surface area (Å²) >= 11 is 6.13. The molecule has 0 aliphatic carbocycles. The molecule has 0 radical (unpaired) electrons. The molecule has 1 aromatic heterocycles. The smallest absolute Gasteiger partial charge is 0.196 e. The quantitative estimate of drug-likeness (QED) is 0.711. The van der Waals surface area contributed by atoms with E-state index in [2.05, 4.69) is 15.2 Å². The molecule has 2 heterocycles. The van der Waals surface area contributed by atoms with Gasteiger partial charge in [0.1, 0.15) is 0 Å². The molecule has 0 saturated heterocycles. The van der Waals surface area contributed by atoms with Crippen LogP contribution in [0, 0.1) is 0 Å². The highest BCUT2D eigenvalue weighted by atomic mass is 35.5. The van der Waals surface area contributed by atoms with Gasteiger partial charge in [0.2, 0.25) is 0 Å². The predicted molar refractivity (Wildman–Crippen MR) is 83.2 cm³/mol. The molecular weight excluding hydrogens is 286 g/mol. The van der Waals surface area contributed by atoms with Crippen molar-refractivity contribution in [1.82, 2.24) is 4.98 Å². The molecule has 1 aliphatic heterocycles. The van der Waals surface area contributed by atoms with E-state index in [1.54, 1.807) is 12.3 Å². The Hall–Kier alpha value is -2.59. The minimum absolute atomic E-state index is 0.104. The number of nitrogens with zero attached hydrogens (tertiary/aromatic N) is 2. The summed E-state index contributed by atoms with van der Waals surface area (Å²) in [5.74, 6) is 0.104. The van der Waals surface area contributed by atoms with Crippen LogP contribution in [0.2, 0.25) is 5.02 Å². The van der Waals surface area contributed by atoms with E-state index in [-0.39, 0.29) is 5.88 Å². The highest BCUT2D eigenvalue weighted by molar-refractivity contribution is 6.35. The molecule has 0 atom stereocenters. The van der Waals surface area contributed by atoms with Gasteiger partial charge in [-0.3, -0.25) is 0 Å². The SMILES string of the molecule is Oc1[nH]c2c(Cl)cccc2c1/C=c1\ccc2c(c1)N=NC=2. The molecule has 21 heavy (non-hydrogen) atoms. The Bertz CT molecular complexity index is 1020. The molecule has 0 saturated carbocycles. The molecular formula is C16H10ClN3O. The Balaban J connectivity index is 1.98. The van der Waals surface area contributed by atoms with Crippen molar-refractivity contribution in [2.75, 3.05) is 0 Å². The zero-order valence-corrected chi connectivity index (χ0v) is 11.6. The molecule has 3 aromatic rings. The molecule has 2 N–H and O–H groups in total. The van der Waals surface area contributed by atoms with E-state index >= 15 is 0 Å². The molecule has 2 aromatic carbocycles. The Morgan fingerprint density at radius 3 is 3.00 bits per heavy atom. The molecule has 102 valence electrons. The Kier molecular flexibility index (Phi) is 2.59. The average molecular weight is 296 g/mol. The Morgan fingerprint density at radius 1 is 1.19 bits per heavy atom. The van der Waals surface area contributed by atoms with Gasteiger partial charge in [-0.05, 0) is 23.4 Å². The van der Waals surface area contributed by atoms with Gasteiger partial charge in [-0.15, -0.1) is 0 Å². The van der Waals surface area contributed by atoms with E-state index in [1.807, 2.05) is 36.4 Å². The first-order valence-electron chi connectivity index (χ1n) is 6.44. The number of rotatable bonds is 1. The molecule has 0 bridgehead atoms. The summed E-state index contributed by atoms with van der Waals surface area (Å²) in [5.41, 5.74) is 2.28. The molecule has 0 unspecified atom stereocenters. The number of halogens is 1. The summed E-state index contributed by atoms with van der Waals surface area (Å²) in [4.78, 5) is 2.91. The fourth-order valence-corrected chi connectivity index (χ4v) is 2.72. The number of fused-ring (bicyclic) bond motifs is 2. The van der Waals surface area contributed by atoms with Crippen molar-refractivity contribution in [2.45, 2.75) is 0 Å². The number of hydrogen-bond acceptors (Lipinski definition) is 3. The second kappa shape index (κ2) is 4.46. The summed E-state index contributed by atoms with van der Waals surface area (Å²) in [5, 5.41) is 21.5. The Morgan fingerprint density at radius 2 is 2.10 bits per heavy atom. The highest BCUT2D eigenvalue weighted by Crippen LogP contribution is 2.31. The second-order valence-corrected chi connectivity index (χ2v) is 5.26. The van der Waals surface area contributed by atoms with Crippen LogP contribution in [0.15, 0.2) is 46.6 Å². The van der Waals surface area contributed by atoms with Crippen molar-refractivity contribution < 1.29 is 5.11 Å². The van der Waals surface area contributed by atoms with Gasteiger partial charge in [0, 0.05) is 16.2 Å². The third-order valence-corrected chi connectivity index (χ3v) is 3.85. The monoisotopic (exact) mass is 295 g/mol. The topological polar surface area (TPSA) is 60.7 Å². The van der Waals surface area contributed by atoms with Crippen LogP contribution in [-0.4, -0.2) is 10.1 Å². The van der Waals surface area contributed by atoms with E-state index in [0.717, 1.165) is 27.0 Å². The first-order chi connectivity index (χ1) is 10.2. The van der Waals surface area contributed by atoms with Crippen LogP contribution in [0.5, 0.6) is 5.88 Å². The number of azo groups is 1. The minimum Gasteiger partial charge on any atom is -0.494 e. The third kappa shape index (κ3) is 1.92. The fraction of sp³-hybridized carbons (Fsp3) is 0. The lowest BCUT2D eigenvalue weighted by Gasteiger charge is -1.95. The number of aromatic nitrogens is 1. The predicted octanol–water partition coefficient (Wildman–Crippen LogP) is 3.19. The van der Waals surface area contributed by atoms with Crippen LogP contribution in [0.25, 0.3) is 23.2 Å². The van der Waals surface area contributed by atoms with E-state index in [4.69, 9.17) is 11.6 Å². The largest absolute Gasteiger partial charge is 0.494 e. The molecule has 5 heteroatoms. The minimum atomic E-state index is 0.104. The van der Waals surface area contributed by atoms with Gasteiger partial charge in [-0.25, -0.2) is 0 Å². The lowest BCUT2D eigenvalue weighted by atomic mass is 10.1. The summed E-state index contributed by atoms with van der Waals surface area (Å²) in [6, 6.07) is 11.4. The van der Waals surface area contributed by atoms with E-state index < -0.39 is 0 Å². The summed E-state index contributed by atoms with van der Waals surface area (Å²) in [6.45, 7) is 0. The molecule has 0 spiro atoms. The number of nitrogens with one attached hydrogen (secondary N) is 1. The van der Waals surface area contributed by atoms with Crippen LogP contribution in [0.3, 0.4) is 0 Å². The highest BCUT2D eigenvalue weighted by Gasteiger charge is 2.10. The normalized spacial score (nSPS) is 13.7. The maximum absolute atomic E-state index is 10.1. The van der Waals surface area contributed by atoms with Crippen LogP contribution in [0.4, 0.5) is 5.69 Å². The number of aromatic amines is 1. The standard InChI is InChI=1S/C16H10ClN3O/c17-13-3-1-2-11-12(16(21)19-15(11)13)6-9-4-5-10-8-18-20-14(10)7-9/h1-8,19,21H/b9-6+. The first-order valence-corrected chi connectivity index (χ1v) is 6.82. The zero-order valence-electron chi connectivity index (χ0n) is 10.8. The molecule has 4 rings (SSSR count). The lowest BCUT2D eigenvalue weighted by molar-refractivity contribution is 0.457. The Labute approximate surface area is 124 Å². The van der Waals surface area contributed by atoms with Crippen LogP contribution >= 0.6 is 11.6 Å². The van der Waals surface area contributed by atoms with E-state index in [9.17, 15) is 5.11 Å². The van der Waals surface area contributed by atoms with Gasteiger partial charge < -0.3 is 10.1 Å². The zero-order chi connectivity index (χ0) is 14.4. The van der Waals surface area contributed by atoms with Gasteiger partial charge >= 0.3 is 0 Å². The molecule has 1 aliphatic rings. The van der Waals surface area contributed by atoms with Gasteiger partial charge in [0.15, 0.2) is 5.88 Å². The van der Waals surface area contributed by atoms with Crippen LogP contribution in [0.1, 0.15) is 5.56 Å². The van der Waals surface area contributed by atoms with Gasteiger partial charge in [0.25, 0.3) is 0 Å². The number of para-hydroxylation sites is 1. The number of H-pyrrole nitrogens is 1. The van der Waals surface area contributed by atoms with Crippen molar-refractivity contribution in [1.29, 1.82) is 0 Å². The van der Waals surface area contributed by atoms with Gasteiger partial charge in [0.05, 0.1) is 22.4 Å². The van der Waals surface area contributed by atoms with Crippen molar-refractivity contribution in [3.05, 3.63) is 57.4 Å². The first kappa shape index (κ1) is 12.2. The van der Waals surface area contributed by atoms with Gasteiger partial charge in [-0.2, -0.15) is 10.2 Å². The summed E-state index contributed by atoms with van der Waals surface area (Å²) in [6.07, 6.45) is 3.63. The van der Waals surface area contributed by atoms with Crippen LogP contribution in [-0.2, 0) is 0 Å². The van der Waals surface area contributed by atoms with Crippen molar-refractivity contribution in [3.8, 4) is 5.88 Å². The average Bonchev–Trinajstić information content (AvgIpc) is 3.05. The van der Waals surface area contributed by atoms with Gasteiger partial charge in [-0.1, -0.05) is 35.9 Å². The number of hydrogen-bond donors (Lipinski definition) is 2. The van der Waals surface area contributed by atoms with Crippen molar-refractivity contribution in [2.24, 2.45) is 10.2 Å². The fourth-order valence-electron chi connectivity index (χ4n) is 2.50. The maximum Gasteiger partial charge on any atom is 0.196 e. The second-order valence-electron chi connectivity index (χ2n) is 4.86. The summed E-state index contributed by atoms with van der Waals surface area (Å²) < 4.78 is 0. The molecule has 0 fully saturated rings. The number of aromatic hydroxyl groups is 1.